The Morgan fingerprint density at radius 3 is 2.48 bits per heavy atom. The van der Waals surface area contributed by atoms with E-state index in [1.165, 1.54) is 4.31 Å². The van der Waals surface area contributed by atoms with Gasteiger partial charge in [0.25, 0.3) is 0 Å². The van der Waals surface area contributed by atoms with Crippen molar-refractivity contribution in [3.8, 4) is 0 Å². The Morgan fingerprint density at radius 2 is 1.95 bits per heavy atom. The maximum atomic E-state index is 12.1. The molecule has 21 heavy (non-hydrogen) atoms. The molecule has 1 rings (SSSR count). The summed E-state index contributed by atoms with van der Waals surface area (Å²) in [5.41, 5.74) is 4.96. The number of amides is 1. The molecule has 1 fully saturated rings. The Hall–Kier alpha value is -0.0200. The zero-order valence-electron chi connectivity index (χ0n) is 12.6. The highest BCUT2D eigenvalue weighted by molar-refractivity contribution is 7.99. The molecule has 0 saturated carbocycles. The van der Waals surface area contributed by atoms with Crippen molar-refractivity contribution in [2.24, 2.45) is 5.73 Å². The number of carbonyl (C=O) groups excluding carboxylic acids is 1. The van der Waals surface area contributed by atoms with Gasteiger partial charge in [-0.1, -0.05) is 13.3 Å². The van der Waals surface area contributed by atoms with Crippen LogP contribution in [0.4, 0.5) is 0 Å². The SMILES string of the molecule is CCCC(C)(N)C(=O)NCCS(=O)(=O)N1CCSCC1.Cl. The van der Waals surface area contributed by atoms with Gasteiger partial charge in [-0.3, -0.25) is 4.79 Å². The van der Waals surface area contributed by atoms with Crippen molar-refractivity contribution in [1.82, 2.24) is 9.62 Å². The molecule has 0 aromatic rings. The van der Waals surface area contributed by atoms with Crippen molar-refractivity contribution >= 4 is 40.1 Å². The largest absolute Gasteiger partial charge is 0.353 e. The van der Waals surface area contributed by atoms with Crippen LogP contribution in [0, 0.1) is 0 Å². The molecule has 1 aliphatic rings. The summed E-state index contributed by atoms with van der Waals surface area (Å²) in [6, 6.07) is 0. The number of hydrogen-bond acceptors (Lipinski definition) is 5. The van der Waals surface area contributed by atoms with Crippen molar-refractivity contribution in [3.05, 3.63) is 0 Å². The van der Waals surface area contributed by atoms with Gasteiger partial charge in [-0.25, -0.2) is 12.7 Å². The number of nitrogens with two attached hydrogens (primary N) is 1. The van der Waals surface area contributed by atoms with E-state index in [2.05, 4.69) is 5.32 Å². The number of nitrogens with zero attached hydrogens (tertiary/aromatic N) is 1. The van der Waals surface area contributed by atoms with Gasteiger partial charge in [0.1, 0.15) is 0 Å². The molecule has 0 bridgehead atoms. The smallest absolute Gasteiger partial charge is 0.239 e. The lowest BCUT2D eigenvalue weighted by molar-refractivity contribution is -0.125. The maximum Gasteiger partial charge on any atom is 0.239 e. The fraction of sp³-hybridized carbons (Fsp3) is 0.917. The maximum absolute atomic E-state index is 12.1. The molecule has 126 valence electrons. The molecular formula is C12H26ClN3O3S2. The van der Waals surface area contributed by atoms with E-state index in [0.29, 0.717) is 19.5 Å². The molecule has 1 atom stereocenters. The van der Waals surface area contributed by atoms with Crippen LogP contribution in [0.15, 0.2) is 0 Å². The van der Waals surface area contributed by atoms with Crippen molar-refractivity contribution in [1.29, 1.82) is 0 Å². The average molecular weight is 360 g/mol. The van der Waals surface area contributed by atoms with Gasteiger partial charge in [-0.15, -0.1) is 12.4 Å². The van der Waals surface area contributed by atoms with E-state index in [9.17, 15) is 13.2 Å². The molecule has 0 spiro atoms. The lowest BCUT2D eigenvalue weighted by Gasteiger charge is -2.26. The van der Waals surface area contributed by atoms with Gasteiger partial charge in [-0.2, -0.15) is 11.8 Å². The minimum Gasteiger partial charge on any atom is -0.353 e. The molecule has 1 unspecified atom stereocenters. The van der Waals surface area contributed by atoms with Gasteiger partial charge in [-0.05, 0) is 13.3 Å². The first-order valence-electron chi connectivity index (χ1n) is 6.92. The van der Waals surface area contributed by atoms with Crippen LogP contribution in [-0.2, 0) is 14.8 Å². The summed E-state index contributed by atoms with van der Waals surface area (Å²) in [5, 5.41) is 2.63. The first-order valence-corrected chi connectivity index (χ1v) is 9.69. The standard InChI is InChI=1S/C12H25N3O3S2.ClH/c1-3-4-12(2,13)11(16)14-5-10-20(17,18)15-6-8-19-9-7-15;/h3-10,13H2,1-2H3,(H,14,16);1H. The summed E-state index contributed by atoms with van der Waals surface area (Å²) in [6.07, 6.45) is 1.39. The van der Waals surface area contributed by atoms with Gasteiger partial charge in [0.2, 0.25) is 15.9 Å². The van der Waals surface area contributed by atoms with Crippen molar-refractivity contribution < 1.29 is 13.2 Å². The summed E-state index contributed by atoms with van der Waals surface area (Å²) in [4.78, 5) is 11.9. The van der Waals surface area contributed by atoms with Gasteiger partial charge < -0.3 is 11.1 Å². The first kappa shape index (κ1) is 21.0. The van der Waals surface area contributed by atoms with Gasteiger partial charge in [0.05, 0.1) is 11.3 Å². The van der Waals surface area contributed by atoms with Crippen LogP contribution in [-0.4, -0.2) is 61.1 Å². The molecule has 9 heteroatoms. The van der Waals surface area contributed by atoms with Crippen LogP contribution >= 0.6 is 24.2 Å². The van der Waals surface area contributed by atoms with E-state index in [1.807, 2.05) is 6.92 Å². The Bertz CT molecular complexity index is 423. The number of carbonyl (C=O) groups is 1. The summed E-state index contributed by atoms with van der Waals surface area (Å²) in [7, 11) is -3.27. The van der Waals surface area contributed by atoms with E-state index < -0.39 is 15.6 Å². The van der Waals surface area contributed by atoms with Crippen molar-refractivity contribution in [3.63, 3.8) is 0 Å². The Balaban J connectivity index is 0.00000400. The van der Waals surface area contributed by atoms with Crippen molar-refractivity contribution in [2.45, 2.75) is 32.2 Å². The Kier molecular flexibility index (Phi) is 9.18. The summed E-state index contributed by atoms with van der Waals surface area (Å²) < 4.78 is 25.7. The van der Waals surface area contributed by atoms with Crippen LogP contribution in [0.5, 0.6) is 0 Å². The predicted molar refractivity (Wildman–Crippen MR) is 90.4 cm³/mol. The molecule has 1 amide bonds. The minimum absolute atomic E-state index is 0. The lowest BCUT2D eigenvalue weighted by atomic mass is 9.97. The number of hydrogen-bond donors (Lipinski definition) is 2. The Labute approximate surface area is 138 Å². The summed E-state index contributed by atoms with van der Waals surface area (Å²) >= 11 is 1.76. The molecule has 3 N–H and O–H groups in total. The highest BCUT2D eigenvalue weighted by atomic mass is 35.5. The molecule has 0 aromatic carbocycles. The van der Waals surface area contributed by atoms with E-state index in [4.69, 9.17) is 5.73 Å². The molecule has 1 aliphatic heterocycles. The van der Waals surface area contributed by atoms with E-state index in [1.54, 1.807) is 18.7 Å². The van der Waals surface area contributed by atoms with Crippen LogP contribution in [0.25, 0.3) is 0 Å². The van der Waals surface area contributed by atoms with Gasteiger partial charge in [0.15, 0.2) is 0 Å². The van der Waals surface area contributed by atoms with E-state index >= 15 is 0 Å². The fourth-order valence-corrected chi connectivity index (χ4v) is 4.57. The lowest BCUT2D eigenvalue weighted by Crippen LogP contribution is -2.52. The fourth-order valence-electron chi connectivity index (χ4n) is 2.08. The monoisotopic (exact) mass is 359 g/mol. The zero-order valence-corrected chi connectivity index (χ0v) is 15.1. The van der Waals surface area contributed by atoms with Gasteiger partial charge >= 0.3 is 0 Å². The zero-order chi connectivity index (χ0) is 15.2. The number of thioether (sulfide) groups is 1. The third kappa shape index (κ3) is 6.73. The highest BCUT2D eigenvalue weighted by Gasteiger charge is 2.28. The third-order valence-corrected chi connectivity index (χ3v) is 6.11. The molecule has 0 radical (unpaired) electrons. The van der Waals surface area contributed by atoms with Crippen LogP contribution in [0.3, 0.4) is 0 Å². The molecular weight excluding hydrogens is 334 g/mol. The van der Waals surface area contributed by atoms with Gasteiger partial charge in [0, 0.05) is 31.1 Å². The third-order valence-electron chi connectivity index (χ3n) is 3.30. The number of sulfonamides is 1. The number of rotatable bonds is 7. The molecule has 1 saturated heterocycles. The second-order valence-corrected chi connectivity index (χ2v) is 8.56. The number of halogens is 1. The Morgan fingerprint density at radius 1 is 1.38 bits per heavy atom. The minimum atomic E-state index is -3.27. The van der Waals surface area contributed by atoms with E-state index in [0.717, 1.165) is 17.9 Å². The highest BCUT2D eigenvalue weighted by Crippen LogP contribution is 2.13. The van der Waals surface area contributed by atoms with Crippen molar-refractivity contribution in [2.75, 3.05) is 36.9 Å². The molecule has 0 aliphatic carbocycles. The molecule has 0 aromatic heterocycles. The van der Waals surface area contributed by atoms with Crippen LogP contribution in [0.2, 0.25) is 0 Å². The molecule has 6 nitrogen and oxygen atoms in total. The quantitative estimate of drug-likeness (QED) is 0.687. The first-order chi connectivity index (χ1) is 9.29. The predicted octanol–water partition coefficient (Wildman–Crippen LogP) is 0.421. The molecule has 1 heterocycles. The second kappa shape index (κ2) is 9.19. The topological polar surface area (TPSA) is 92.5 Å². The van der Waals surface area contributed by atoms with Crippen LogP contribution in [0.1, 0.15) is 26.7 Å². The second-order valence-electron chi connectivity index (χ2n) is 5.25. The van der Waals surface area contributed by atoms with Crippen LogP contribution < -0.4 is 11.1 Å². The van der Waals surface area contributed by atoms with E-state index in [-0.39, 0.29) is 30.6 Å². The summed E-state index contributed by atoms with van der Waals surface area (Å²) in [5.74, 6) is 1.32. The number of nitrogens with one attached hydrogen (secondary N) is 1. The average Bonchev–Trinajstić information content (AvgIpc) is 2.39. The normalized spacial score (nSPS) is 19.4. The summed E-state index contributed by atoms with van der Waals surface area (Å²) in [6.45, 7) is 4.86.